The van der Waals surface area contributed by atoms with Crippen LogP contribution in [0.15, 0.2) is 34.8 Å². The van der Waals surface area contributed by atoms with Gasteiger partial charge in [-0.15, -0.1) is 0 Å². The van der Waals surface area contributed by atoms with Crippen molar-refractivity contribution < 1.29 is 14.3 Å². The molecule has 0 bridgehead atoms. The second-order valence-corrected chi connectivity index (χ2v) is 7.63. The number of benzene rings is 2. The topological polar surface area (TPSA) is 35.5 Å². The predicted molar refractivity (Wildman–Crippen MR) is 107 cm³/mol. The third kappa shape index (κ3) is 4.29. The largest absolute Gasteiger partial charge is 0.488 e. The summed E-state index contributed by atoms with van der Waals surface area (Å²) in [6.07, 6.45) is 3.72. The molecule has 2 aromatic carbocycles. The lowest BCUT2D eigenvalue weighted by atomic mass is 10.0. The Kier molecular flexibility index (Phi) is 6.02. The molecule has 1 saturated carbocycles. The fraction of sp³-hybridized carbons (Fsp3) is 0.409. The van der Waals surface area contributed by atoms with Crippen molar-refractivity contribution >= 4 is 21.9 Å². The molecule has 1 aliphatic rings. The minimum Gasteiger partial charge on any atom is -0.488 e. The molecule has 0 saturated heterocycles. The number of carbonyl (C=O) groups is 1. The number of esters is 1. The summed E-state index contributed by atoms with van der Waals surface area (Å²) < 4.78 is 12.7. The standard InChI is InChI=1S/C22H25BrO3/c1-4-15-12-19(23)21(11-14(15)3)25-13-18-17(16-9-10-16)7-6-8-20(18)26-22(24)5-2/h6-8,11-12,16H,4-5,9-10,13H2,1-3H3. The first-order chi connectivity index (χ1) is 12.5. The molecule has 4 heteroatoms. The van der Waals surface area contributed by atoms with E-state index in [2.05, 4.69) is 48.0 Å². The summed E-state index contributed by atoms with van der Waals surface area (Å²) in [6.45, 7) is 6.45. The first-order valence-electron chi connectivity index (χ1n) is 9.27. The van der Waals surface area contributed by atoms with Crippen LogP contribution in [-0.2, 0) is 17.8 Å². The predicted octanol–water partition coefficient (Wildman–Crippen LogP) is 6.09. The monoisotopic (exact) mass is 416 g/mol. The van der Waals surface area contributed by atoms with Crippen LogP contribution in [-0.4, -0.2) is 5.97 Å². The van der Waals surface area contributed by atoms with E-state index in [0.717, 1.165) is 22.2 Å². The SMILES string of the molecule is CCC(=O)Oc1cccc(C2CC2)c1COc1cc(C)c(CC)cc1Br. The summed E-state index contributed by atoms with van der Waals surface area (Å²) in [7, 11) is 0. The highest BCUT2D eigenvalue weighted by atomic mass is 79.9. The van der Waals surface area contributed by atoms with E-state index in [4.69, 9.17) is 9.47 Å². The summed E-state index contributed by atoms with van der Waals surface area (Å²) in [6, 6.07) is 10.1. The van der Waals surface area contributed by atoms with E-state index in [1.54, 1.807) is 6.92 Å². The lowest BCUT2D eigenvalue weighted by Crippen LogP contribution is -2.10. The summed E-state index contributed by atoms with van der Waals surface area (Å²) in [5.41, 5.74) is 4.75. The van der Waals surface area contributed by atoms with Crippen LogP contribution in [0.25, 0.3) is 0 Å². The average Bonchev–Trinajstić information content (AvgIpc) is 3.47. The van der Waals surface area contributed by atoms with Crippen LogP contribution in [0, 0.1) is 6.92 Å². The first-order valence-corrected chi connectivity index (χ1v) is 10.1. The maximum absolute atomic E-state index is 11.8. The van der Waals surface area contributed by atoms with Gasteiger partial charge in [0.05, 0.1) is 4.47 Å². The molecule has 1 fully saturated rings. The Morgan fingerprint density at radius 2 is 1.96 bits per heavy atom. The van der Waals surface area contributed by atoms with Gasteiger partial charge in [-0.3, -0.25) is 4.79 Å². The second-order valence-electron chi connectivity index (χ2n) is 6.78. The smallest absolute Gasteiger partial charge is 0.310 e. The quantitative estimate of drug-likeness (QED) is 0.404. The summed E-state index contributed by atoms with van der Waals surface area (Å²) in [5, 5.41) is 0. The van der Waals surface area contributed by atoms with Gasteiger partial charge in [-0.2, -0.15) is 0 Å². The minimum absolute atomic E-state index is 0.219. The Morgan fingerprint density at radius 1 is 1.19 bits per heavy atom. The van der Waals surface area contributed by atoms with Crippen molar-refractivity contribution in [2.75, 3.05) is 0 Å². The number of carbonyl (C=O) groups excluding carboxylic acids is 1. The molecule has 1 aliphatic carbocycles. The third-order valence-electron chi connectivity index (χ3n) is 4.84. The highest BCUT2D eigenvalue weighted by molar-refractivity contribution is 9.10. The van der Waals surface area contributed by atoms with Gasteiger partial charge in [0.1, 0.15) is 18.1 Å². The molecule has 0 atom stereocenters. The van der Waals surface area contributed by atoms with Crippen molar-refractivity contribution in [1.29, 1.82) is 0 Å². The number of rotatable bonds is 7. The van der Waals surface area contributed by atoms with Crippen LogP contribution >= 0.6 is 15.9 Å². The van der Waals surface area contributed by atoms with E-state index in [-0.39, 0.29) is 5.97 Å². The van der Waals surface area contributed by atoms with Crippen molar-refractivity contribution in [3.8, 4) is 11.5 Å². The van der Waals surface area contributed by atoms with E-state index >= 15 is 0 Å². The van der Waals surface area contributed by atoms with E-state index in [0.29, 0.717) is 24.7 Å². The summed E-state index contributed by atoms with van der Waals surface area (Å²) >= 11 is 3.62. The molecule has 26 heavy (non-hydrogen) atoms. The van der Waals surface area contributed by atoms with Crippen LogP contribution < -0.4 is 9.47 Å². The molecule has 3 rings (SSSR count). The Morgan fingerprint density at radius 3 is 2.62 bits per heavy atom. The number of hydrogen-bond donors (Lipinski definition) is 0. The Hall–Kier alpha value is -1.81. The number of aryl methyl sites for hydroxylation is 2. The Bertz CT molecular complexity index is 809. The summed E-state index contributed by atoms with van der Waals surface area (Å²) in [4.78, 5) is 11.8. The number of hydrogen-bond acceptors (Lipinski definition) is 3. The van der Waals surface area contributed by atoms with Gasteiger partial charge in [-0.25, -0.2) is 0 Å². The molecular weight excluding hydrogens is 392 g/mol. The molecule has 0 unspecified atom stereocenters. The molecule has 0 heterocycles. The highest BCUT2D eigenvalue weighted by Crippen LogP contribution is 2.44. The van der Waals surface area contributed by atoms with E-state index < -0.39 is 0 Å². The van der Waals surface area contributed by atoms with Gasteiger partial charge >= 0.3 is 5.97 Å². The van der Waals surface area contributed by atoms with Crippen LogP contribution in [0.3, 0.4) is 0 Å². The van der Waals surface area contributed by atoms with Crippen molar-refractivity contribution in [2.24, 2.45) is 0 Å². The van der Waals surface area contributed by atoms with Crippen molar-refractivity contribution in [3.63, 3.8) is 0 Å². The average molecular weight is 417 g/mol. The molecule has 138 valence electrons. The maximum atomic E-state index is 11.8. The highest BCUT2D eigenvalue weighted by Gasteiger charge is 2.28. The molecule has 0 aromatic heterocycles. The molecule has 0 N–H and O–H groups in total. The molecule has 0 aliphatic heterocycles. The van der Waals surface area contributed by atoms with Gasteiger partial charge in [0, 0.05) is 12.0 Å². The van der Waals surface area contributed by atoms with Crippen molar-refractivity contribution in [1.82, 2.24) is 0 Å². The minimum atomic E-state index is -0.219. The van der Waals surface area contributed by atoms with Crippen molar-refractivity contribution in [3.05, 3.63) is 57.1 Å². The lowest BCUT2D eigenvalue weighted by Gasteiger charge is -2.17. The van der Waals surface area contributed by atoms with Gasteiger partial charge in [0.25, 0.3) is 0 Å². The van der Waals surface area contributed by atoms with Gasteiger partial charge in [0.2, 0.25) is 0 Å². The van der Waals surface area contributed by atoms with Gasteiger partial charge in [-0.1, -0.05) is 26.0 Å². The molecule has 2 aromatic rings. The van der Waals surface area contributed by atoms with E-state index in [9.17, 15) is 4.79 Å². The van der Waals surface area contributed by atoms with Gasteiger partial charge in [0.15, 0.2) is 0 Å². The van der Waals surface area contributed by atoms with Crippen LogP contribution in [0.5, 0.6) is 11.5 Å². The third-order valence-corrected chi connectivity index (χ3v) is 5.46. The second kappa shape index (κ2) is 8.26. The lowest BCUT2D eigenvalue weighted by molar-refractivity contribution is -0.134. The maximum Gasteiger partial charge on any atom is 0.310 e. The van der Waals surface area contributed by atoms with E-state index in [1.165, 1.54) is 29.5 Å². The fourth-order valence-electron chi connectivity index (χ4n) is 3.14. The van der Waals surface area contributed by atoms with E-state index in [1.807, 2.05) is 12.1 Å². The number of ether oxygens (including phenoxy) is 2. The molecule has 0 amide bonds. The zero-order valence-electron chi connectivity index (χ0n) is 15.6. The zero-order chi connectivity index (χ0) is 18.7. The first kappa shape index (κ1) is 19.0. The van der Waals surface area contributed by atoms with Crippen LogP contribution in [0.2, 0.25) is 0 Å². The van der Waals surface area contributed by atoms with Crippen LogP contribution in [0.4, 0.5) is 0 Å². The van der Waals surface area contributed by atoms with Crippen LogP contribution in [0.1, 0.15) is 61.3 Å². The van der Waals surface area contributed by atoms with Crippen molar-refractivity contribution in [2.45, 2.75) is 59.0 Å². The normalized spacial score (nSPS) is 13.5. The Balaban J connectivity index is 1.87. The Labute approximate surface area is 163 Å². The molecule has 0 spiro atoms. The van der Waals surface area contributed by atoms with Gasteiger partial charge < -0.3 is 9.47 Å². The fourth-order valence-corrected chi connectivity index (χ4v) is 3.65. The number of halogens is 1. The molecular formula is C22H25BrO3. The molecule has 0 radical (unpaired) electrons. The zero-order valence-corrected chi connectivity index (χ0v) is 17.2. The summed E-state index contributed by atoms with van der Waals surface area (Å²) in [5.74, 6) is 1.78. The van der Waals surface area contributed by atoms with Gasteiger partial charge in [-0.05, 0) is 82.9 Å². The molecule has 3 nitrogen and oxygen atoms in total.